The maximum atomic E-state index is 13.5. The van der Waals surface area contributed by atoms with Gasteiger partial charge in [-0.25, -0.2) is 4.79 Å². The third kappa shape index (κ3) is 11.7. The van der Waals surface area contributed by atoms with Crippen LogP contribution in [0.4, 0.5) is 31.1 Å². The van der Waals surface area contributed by atoms with Crippen LogP contribution in [0, 0.1) is 10.8 Å². The van der Waals surface area contributed by atoms with Crippen molar-refractivity contribution in [2.45, 2.75) is 163 Å². The Morgan fingerprint density at radius 1 is 0.721 bits per heavy atom. The maximum Gasteiger partial charge on any atom is 0.510 e. The normalized spacial score (nSPS) is 16.9. The zero-order chi connectivity index (χ0) is 34.3. The molecule has 0 bridgehead atoms. The van der Waals surface area contributed by atoms with E-state index in [1.165, 1.54) is 47.5 Å². The lowest BCUT2D eigenvalue weighted by Crippen LogP contribution is -2.61. The minimum absolute atomic E-state index is 0.0197. The summed E-state index contributed by atoms with van der Waals surface area (Å²) in [7, 11) is 0. The van der Waals surface area contributed by atoms with Gasteiger partial charge in [-0.15, -0.1) is 0 Å². The third-order valence-electron chi connectivity index (χ3n) is 7.79. The molecule has 1 saturated carbocycles. The number of ether oxygens (including phenoxy) is 4. The van der Waals surface area contributed by atoms with Gasteiger partial charge in [-0.1, -0.05) is 20.8 Å². The summed E-state index contributed by atoms with van der Waals surface area (Å²) in [5.74, 6) is -0.994. The molecule has 1 aliphatic carbocycles. The standard InChI is InChI=1S/C17H26F6O5.C13H24O2/c1-8-14(6,7)11(24)26-10(2)9-15(16(18,19)20,17(21,22)23)28-12(25)27-13(3,4)5;1-5-12(3,4)11(14)15-13(6-2)9-7-8-10-13/h10H,8-9H2,1-7H3;5-10H2,1-4H3. The Labute approximate surface area is 251 Å². The molecule has 1 rings (SSSR count). The summed E-state index contributed by atoms with van der Waals surface area (Å²) in [6, 6.07) is 0. The zero-order valence-corrected chi connectivity index (χ0v) is 27.4. The molecule has 0 aromatic rings. The molecule has 1 unspecified atom stereocenters. The van der Waals surface area contributed by atoms with Crippen molar-refractivity contribution in [2.75, 3.05) is 0 Å². The summed E-state index contributed by atoms with van der Waals surface area (Å²) in [6.45, 7) is 17.1. The van der Waals surface area contributed by atoms with Crippen LogP contribution in [0.1, 0.15) is 128 Å². The first kappa shape index (κ1) is 40.8. The highest BCUT2D eigenvalue weighted by atomic mass is 19.4. The molecule has 1 aliphatic rings. The number of carbonyl (C=O) groups is 3. The fourth-order valence-electron chi connectivity index (χ4n) is 3.92. The van der Waals surface area contributed by atoms with Crippen molar-refractivity contribution < 1.29 is 59.7 Å². The van der Waals surface area contributed by atoms with Crippen molar-refractivity contribution in [1.29, 1.82) is 0 Å². The largest absolute Gasteiger partial charge is 0.510 e. The molecule has 0 N–H and O–H groups in total. The predicted molar refractivity (Wildman–Crippen MR) is 148 cm³/mol. The Morgan fingerprint density at radius 3 is 1.49 bits per heavy atom. The summed E-state index contributed by atoms with van der Waals surface area (Å²) >= 11 is 0. The quantitative estimate of drug-likeness (QED) is 0.134. The molecule has 0 aromatic carbocycles. The minimum atomic E-state index is -6.04. The van der Waals surface area contributed by atoms with Crippen LogP contribution in [-0.4, -0.2) is 53.4 Å². The number of hydrogen-bond donors (Lipinski definition) is 0. The third-order valence-corrected chi connectivity index (χ3v) is 7.79. The summed E-state index contributed by atoms with van der Waals surface area (Å²) in [6.07, 6.45) is -11.4. The van der Waals surface area contributed by atoms with Crippen LogP contribution in [0.5, 0.6) is 0 Å². The lowest BCUT2D eigenvalue weighted by molar-refractivity contribution is -0.374. The zero-order valence-electron chi connectivity index (χ0n) is 27.4. The first-order valence-corrected chi connectivity index (χ1v) is 14.6. The molecule has 1 atom stereocenters. The Kier molecular flexibility index (Phi) is 14.0. The van der Waals surface area contributed by atoms with Gasteiger partial charge in [0.2, 0.25) is 0 Å². The fourth-order valence-corrected chi connectivity index (χ4v) is 3.92. The molecule has 254 valence electrons. The monoisotopic (exact) mass is 636 g/mol. The van der Waals surface area contributed by atoms with Crippen molar-refractivity contribution >= 4 is 18.1 Å². The molecule has 0 aliphatic heterocycles. The van der Waals surface area contributed by atoms with Crippen molar-refractivity contribution in [3.8, 4) is 0 Å². The van der Waals surface area contributed by atoms with Gasteiger partial charge >= 0.3 is 36.0 Å². The van der Waals surface area contributed by atoms with Crippen molar-refractivity contribution in [3.05, 3.63) is 0 Å². The highest BCUT2D eigenvalue weighted by Gasteiger charge is 2.75. The Hall–Kier alpha value is -2.21. The second kappa shape index (κ2) is 14.7. The van der Waals surface area contributed by atoms with Gasteiger partial charge in [-0.05, 0) is 100 Å². The second-order valence-corrected chi connectivity index (χ2v) is 13.4. The van der Waals surface area contributed by atoms with E-state index >= 15 is 0 Å². The Bertz CT molecular complexity index is 913. The molecule has 1 fully saturated rings. The van der Waals surface area contributed by atoms with Gasteiger partial charge in [0.05, 0.1) is 10.8 Å². The van der Waals surface area contributed by atoms with Gasteiger partial charge in [0.25, 0.3) is 0 Å². The highest BCUT2D eigenvalue weighted by Crippen LogP contribution is 2.49. The smallest absolute Gasteiger partial charge is 0.462 e. The topological polar surface area (TPSA) is 88.1 Å². The lowest BCUT2D eigenvalue weighted by Gasteiger charge is -2.38. The van der Waals surface area contributed by atoms with Gasteiger partial charge in [0, 0.05) is 6.42 Å². The number of rotatable bonds is 10. The van der Waals surface area contributed by atoms with E-state index in [2.05, 4.69) is 16.4 Å². The number of alkyl halides is 6. The van der Waals surface area contributed by atoms with Gasteiger partial charge in [-0.2, -0.15) is 26.3 Å². The van der Waals surface area contributed by atoms with Crippen LogP contribution in [0.3, 0.4) is 0 Å². The maximum absolute atomic E-state index is 13.5. The molecule has 13 heteroatoms. The van der Waals surface area contributed by atoms with Crippen LogP contribution in [0.2, 0.25) is 0 Å². The number of hydrogen-bond acceptors (Lipinski definition) is 7. The molecular formula is C30H50F6O7. The van der Waals surface area contributed by atoms with E-state index < -0.39 is 53.6 Å². The van der Waals surface area contributed by atoms with Crippen LogP contribution in [-0.2, 0) is 28.5 Å². The average Bonchev–Trinajstić information content (AvgIpc) is 3.30. The molecule has 43 heavy (non-hydrogen) atoms. The van der Waals surface area contributed by atoms with Crippen molar-refractivity contribution in [1.82, 2.24) is 0 Å². The molecule has 0 radical (unpaired) electrons. The SMILES string of the molecule is CCC(C)(C)C(=O)OC(C)CC(OC(=O)OC(C)(C)C)(C(F)(F)F)C(F)(F)F.CCC1(OC(=O)C(C)(C)CC)CCCC1. The van der Waals surface area contributed by atoms with Gasteiger partial charge in [0.1, 0.15) is 17.3 Å². The Morgan fingerprint density at radius 2 is 1.14 bits per heavy atom. The van der Waals surface area contributed by atoms with E-state index in [0.717, 1.165) is 32.6 Å². The molecule has 7 nitrogen and oxygen atoms in total. The first-order chi connectivity index (χ1) is 19.1. The summed E-state index contributed by atoms with van der Waals surface area (Å²) < 4.78 is 99.6. The van der Waals surface area contributed by atoms with Gasteiger partial charge in [-0.3, -0.25) is 9.59 Å². The fraction of sp³-hybridized carbons (Fsp3) is 0.900. The van der Waals surface area contributed by atoms with Crippen LogP contribution in [0.15, 0.2) is 0 Å². The van der Waals surface area contributed by atoms with Crippen molar-refractivity contribution in [2.24, 2.45) is 10.8 Å². The summed E-state index contributed by atoms with van der Waals surface area (Å²) in [4.78, 5) is 35.6. The van der Waals surface area contributed by atoms with Crippen LogP contribution >= 0.6 is 0 Å². The highest BCUT2D eigenvalue weighted by molar-refractivity contribution is 5.76. The Balaban J connectivity index is 0.000000981. The van der Waals surface area contributed by atoms with Crippen LogP contribution in [0.25, 0.3) is 0 Å². The summed E-state index contributed by atoms with van der Waals surface area (Å²) in [5, 5.41) is 0. The van der Waals surface area contributed by atoms with E-state index in [1.807, 2.05) is 20.8 Å². The lowest BCUT2D eigenvalue weighted by atomic mass is 9.89. The second-order valence-electron chi connectivity index (χ2n) is 13.4. The minimum Gasteiger partial charge on any atom is -0.462 e. The first-order valence-electron chi connectivity index (χ1n) is 14.6. The van der Waals surface area contributed by atoms with E-state index in [0.29, 0.717) is 0 Å². The molecule has 0 spiro atoms. The number of halogens is 6. The average molecular weight is 637 g/mol. The summed E-state index contributed by atoms with van der Waals surface area (Å²) in [5.41, 5.74) is -7.87. The van der Waals surface area contributed by atoms with E-state index in [9.17, 15) is 40.7 Å². The predicted octanol–water partition coefficient (Wildman–Crippen LogP) is 9.25. The van der Waals surface area contributed by atoms with Crippen molar-refractivity contribution in [3.63, 3.8) is 0 Å². The number of carbonyl (C=O) groups excluding carboxylic acids is 3. The number of esters is 2. The molecular weight excluding hydrogens is 586 g/mol. The van der Waals surface area contributed by atoms with E-state index in [-0.39, 0.29) is 23.4 Å². The van der Waals surface area contributed by atoms with Crippen LogP contribution < -0.4 is 0 Å². The van der Waals surface area contributed by atoms with Gasteiger partial charge < -0.3 is 18.9 Å². The molecule has 0 heterocycles. The molecule has 0 saturated heterocycles. The van der Waals surface area contributed by atoms with E-state index in [1.54, 1.807) is 6.92 Å². The molecule has 0 amide bonds. The van der Waals surface area contributed by atoms with Gasteiger partial charge in [0.15, 0.2) is 0 Å². The molecule has 0 aromatic heterocycles. The van der Waals surface area contributed by atoms with E-state index in [4.69, 9.17) is 9.47 Å².